The Morgan fingerprint density at radius 3 is 2.45 bits per heavy atom. The number of ether oxygens (including phenoxy) is 2. The molecule has 9 nitrogen and oxygen atoms in total. The first-order chi connectivity index (χ1) is 9.30. The van der Waals surface area contributed by atoms with Gasteiger partial charge in [0, 0.05) is 6.20 Å². The van der Waals surface area contributed by atoms with E-state index in [4.69, 9.17) is 14.0 Å². The van der Waals surface area contributed by atoms with Gasteiger partial charge >= 0.3 is 0 Å². The van der Waals surface area contributed by atoms with Crippen molar-refractivity contribution in [2.75, 3.05) is 0 Å². The molecule has 5 atom stereocenters. The molecule has 4 N–H and O–H groups in total. The van der Waals surface area contributed by atoms with E-state index in [1.54, 1.807) is 0 Å². The van der Waals surface area contributed by atoms with Gasteiger partial charge in [-0.15, -0.1) is 0 Å². The molecule has 2 heterocycles. The van der Waals surface area contributed by atoms with Gasteiger partial charge in [0.15, 0.2) is 0 Å². The van der Waals surface area contributed by atoms with Crippen molar-refractivity contribution in [2.45, 2.75) is 30.0 Å². The van der Waals surface area contributed by atoms with Crippen LogP contribution in [0.1, 0.15) is 0 Å². The molecule has 1 aliphatic rings. The highest BCUT2D eigenvalue weighted by atomic mass is 32.2. The van der Waals surface area contributed by atoms with Gasteiger partial charge in [-0.3, -0.25) is 9.54 Å². The van der Waals surface area contributed by atoms with Crippen molar-refractivity contribution in [3.05, 3.63) is 24.5 Å². The van der Waals surface area contributed by atoms with Crippen LogP contribution in [0.15, 0.2) is 24.5 Å². The van der Waals surface area contributed by atoms with Crippen molar-refractivity contribution in [3.8, 4) is 5.75 Å². The van der Waals surface area contributed by atoms with Gasteiger partial charge in [-0.05, 0) is 12.1 Å². The molecule has 1 saturated heterocycles. The summed E-state index contributed by atoms with van der Waals surface area (Å²) in [5.74, 6) is 0.147. The minimum absolute atomic E-state index is 0.147. The van der Waals surface area contributed by atoms with Gasteiger partial charge in [0.1, 0.15) is 24.1 Å². The second kappa shape index (κ2) is 5.60. The molecule has 1 unspecified atom stereocenters. The zero-order valence-corrected chi connectivity index (χ0v) is 10.8. The predicted molar refractivity (Wildman–Crippen MR) is 63.1 cm³/mol. The maximum Gasteiger partial charge on any atom is 0.295 e. The Morgan fingerprint density at radius 1 is 1.20 bits per heavy atom. The van der Waals surface area contributed by atoms with Crippen LogP contribution in [0.25, 0.3) is 0 Å². The highest BCUT2D eigenvalue weighted by molar-refractivity contribution is 7.86. The fraction of sp³-hybridized carbons (Fsp3) is 0.500. The summed E-state index contributed by atoms with van der Waals surface area (Å²) in [4.78, 5) is 3.74. The first-order valence-corrected chi connectivity index (χ1v) is 7.03. The van der Waals surface area contributed by atoms with Crippen LogP contribution >= 0.6 is 0 Å². The second-order valence-electron chi connectivity index (χ2n) is 4.17. The third-order valence-electron chi connectivity index (χ3n) is 2.71. The van der Waals surface area contributed by atoms with Gasteiger partial charge in [0.25, 0.3) is 10.1 Å². The molecule has 0 amide bonds. The highest BCUT2D eigenvalue weighted by Gasteiger charge is 2.50. The third-order valence-corrected chi connectivity index (χ3v) is 3.68. The molecule has 2 rings (SSSR count). The van der Waals surface area contributed by atoms with Gasteiger partial charge in [-0.1, -0.05) is 0 Å². The smallest absolute Gasteiger partial charge is 0.295 e. The van der Waals surface area contributed by atoms with Crippen molar-refractivity contribution in [1.82, 2.24) is 4.98 Å². The lowest BCUT2D eigenvalue weighted by Crippen LogP contribution is -2.61. The molecule has 0 saturated carbocycles. The predicted octanol–water partition coefficient (Wildman–Crippen LogP) is -1.89. The fourth-order valence-electron chi connectivity index (χ4n) is 1.71. The zero-order chi connectivity index (χ0) is 14.9. The van der Waals surface area contributed by atoms with Gasteiger partial charge in [0.2, 0.25) is 11.7 Å². The number of aromatic nitrogens is 1. The number of aliphatic hydroxyl groups excluding tert-OH is 3. The van der Waals surface area contributed by atoms with Crippen LogP contribution in [-0.2, 0) is 14.9 Å². The van der Waals surface area contributed by atoms with E-state index in [-0.39, 0.29) is 5.75 Å². The van der Waals surface area contributed by atoms with Crippen LogP contribution in [0.4, 0.5) is 0 Å². The molecule has 10 heteroatoms. The van der Waals surface area contributed by atoms with Crippen LogP contribution in [0.3, 0.4) is 0 Å². The zero-order valence-electron chi connectivity index (χ0n) is 9.97. The standard InChI is InChI=1S/C10H13NO8S/c12-6-7(13)9(18-5-2-1-3-11-4-5)19-10(8(6)14)20(15,16)17/h1-4,6-10,12-14H,(H,15,16,17)/t6-,7-,8+,9-,10?/m1/s1. The molecule has 112 valence electrons. The number of hydrogen-bond acceptors (Lipinski definition) is 8. The Bertz CT molecular complexity index is 550. The molecular weight excluding hydrogens is 294 g/mol. The average Bonchev–Trinajstić information content (AvgIpc) is 2.39. The first-order valence-electron chi connectivity index (χ1n) is 5.53. The largest absolute Gasteiger partial charge is 0.460 e. The molecule has 1 fully saturated rings. The second-order valence-corrected chi connectivity index (χ2v) is 5.66. The molecule has 0 bridgehead atoms. The molecule has 20 heavy (non-hydrogen) atoms. The summed E-state index contributed by atoms with van der Waals surface area (Å²) in [5.41, 5.74) is -2.12. The van der Waals surface area contributed by atoms with E-state index in [2.05, 4.69) is 4.98 Å². The SMILES string of the molecule is O=S(=O)(O)C1O[C@@H](Oc2cccnc2)[C@H](O)[C@@H](O)[C@@H]1O. The Balaban J connectivity index is 2.20. The maximum absolute atomic E-state index is 11.1. The topological polar surface area (TPSA) is 146 Å². The van der Waals surface area contributed by atoms with E-state index >= 15 is 0 Å². The normalized spacial score (nSPS) is 34.7. The molecule has 1 aromatic rings. The Kier molecular flexibility index (Phi) is 4.22. The summed E-state index contributed by atoms with van der Waals surface area (Å²) in [5, 5.41) is 28.8. The summed E-state index contributed by atoms with van der Waals surface area (Å²) in [7, 11) is -4.80. The Labute approximate surface area is 114 Å². The quantitative estimate of drug-likeness (QED) is 0.471. The van der Waals surface area contributed by atoms with Crippen molar-refractivity contribution < 1.29 is 37.8 Å². The van der Waals surface area contributed by atoms with E-state index < -0.39 is 40.2 Å². The highest BCUT2D eigenvalue weighted by Crippen LogP contribution is 2.26. The minimum atomic E-state index is -4.80. The summed E-state index contributed by atoms with van der Waals surface area (Å²) in [6, 6.07) is 2.99. The van der Waals surface area contributed by atoms with Crippen molar-refractivity contribution in [1.29, 1.82) is 0 Å². The van der Waals surface area contributed by atoms with Gasteiger partial charge in [-0.2, -0.15) is 8.42 Å². The third kappa shape index (κ3) is 3.06. The van der Waals surface area contributed by atoms with Gasteiger partial charge < -0.3 is 24.8 Å². The van der Waals surface area contributed by atoms with Crippen LogP contribution in [0.2, 0.25) is 0 Å². The number of pyridine rings is 1. The first kappa shape index (κ1) is 15.1. The van der Waals surface area contributed by atoms with Crippen LogP contribution < -0.4 is 4.74 Å². The monoisotopic (exact) mass is 307 g/mol. The molecule has 0 aliphatic carbocycles. The molecule has 1 aromatic heterocycles. The van der Waals surface area contributed by atoms with Gasteiger partial charge in [0.05, 0.1) is 6.20 Å². The van der Waals surface area contributed by atoms with E-state index in [1.807, 2.05) is 0 Å². The molecule has 0 radical (unpaired) electrons. The maximum atomic E-state index is 11.1. The van der Waals surface area contributed by atoms with E-state index in [9.17, 15) is 23.7 Å². The van der Waals surface area contributed by atoms with E-state index in [1.165, 1.54) is 24.5 Å². The molecule has 0 aromatic carbocycles. The van der Waals surface area contributed by atoms with E-state index in [0.717, 1.165) is 0 Å². The fourth-order valence-corrected chi connectivity index (χ4v) is 2.48. The number of hydrogen-bond donors (Lipinski definition) is 4. The summed E-state index contributed by atoms with van der Waals surface area (Å²) >= 11 is 0. The van der Waals surface area contributed by atoms with Crippen LogP contribution in [-0.4, -0.2) is 63.3 Å². The van der Waals surface area contributed by atoms with Crippen molar-refractivity contribution >= 4 is 10.1 Å². The number of rotatable bonds is 3. The lowest BCUT2D eigenvalue weighted by molar-refractivity contribution is -0.254. The molecule has 0 spiro atoms. The Morgan fingerprint density at radius 2 is 1.90 bits per heavy atom. The molecular formula is C10H13NO8S. The minimum Gasteiger partial charge on any atom is -0.460 e. The molecule has 1 aliphatic heterocycles. The summed E-state index contributed by atoms with van der Waals surface area (Å²) in [6.07, 6.45) is -4.43. The van der Waals surface area contributed by atoms with Crippen molar-refractivity contribution in [3.63, 3.8) is 0 Å². The van der Waals surface area contributed by atoms with Crippen LogP contribution in [0, 0.1) is 0 Å². The van der Waals surface area contributed by atoms with Gasteiger partial charge in [-0.25, -0.2) is 0 Å². The Hall–Kier alpha value is -1.30. The number of aliphatic hydroxyl groups is 3. The average molecular weight is 307 g/mol. The lowest BCUT2D eigenvalue weighted by Gasteiger charge is -2.38. The lowest BCUT2D eigenvalue weighted by atomic mass is 10.1. The summed E-state index contributed by atoms with van der Waals surface area (Å²) in [6.45, 7) is 0. The van der Waals surface area contributed by atoms with Crippen LogP contribution in [0.5, 0.6) is 5.75 Å². The van der Waals surface area contributed by atoms with E-state index in [0.29, 0.717) is 0 Å². The summed E-state index contributed by atoms with van der Waals surface area (Å²) < 4.78 is 41.0. The number of nitrogens with zero attached hydrogens (tertiary/aromatic N) is 1. The van der Waals surface area contributed by atoms with Crippen molar-refractivity contribution in [2.24, 2.45) is 0 Å².